The molecule has 1 amide bonds. The van der Waals surface area contributed by atoms with Gasteiger partial charge in [-0.3, -0.25) is 19.3 Å². The van der Waals surface area contributed by atoms with Gasteiger partial charge in [-0.1, -0.05) is 0 Å². The molecular formula is C27H26FN11O2. The SMILES string of the molecule is CC(=O)c1c(C2C[C@H]3CC[C@@H](C2)N3C(=O)c2nnc[nH]2)nc2c(-c3cnc(-c4ccn(C)n4)c(F)c3)cnn2c1N. The van der Waals surface area contributed by atoms with Gasteiger partial charge in [0.2, 0.25) is 5.82 Å². The maximum Gasteiger partial charge on any atom is 0.292 e. The van der Waals surface area contributed by atoms with Crippen LogP contribution in [0.25, 0.3) is 28.2 Å². The number of aromatic amines is 1. The van der Waals surface area contributed by atoms with Crippen molar-refractivity contribution in [2.24, 2.45) is 7.05 Å². The number of ketones is 1. The Hall–Kier alpha value is -5.01. The third-order valence-corrected chi connectivity index (χ3v) is 8.14. The molecule has 1 unspecified atom stereocenters. The number of H-pyrrole nitrogens is 1. The van der Waals surface area contributed by atoms with Crippen LogP contribution in [0.3, 0.4) is 0 Å². The number of rotatable bonds is 5. The van der Waals surface area contributed by atoms with Gasteiger partial charge in [-0.15, -0.1) is 10.2 Å². The fraction of sp³-hybridized carbons (Fsp3) is 0.333. The number of aromatic nitrogens is 9. The number of fused-ring (bicyclic) bond motifs is 3. The molecule has 7 rings (SSSR count). The van der Waals surface area contributed by atoms with Crippen LogP contribution >= 0.6 is 0 Å². The highest BCUT2D eigenvalue weighted by Gasteiger charge is 2.45. The van der Waals surface area contributed by atoms with Gasteiger partial charge in [-0.25, -0.2) is 9.37 Å². The summed E-state index contributed by atoms with van der Waals surface area (Å²) in [4.78, 5) is 40.0. The van der Waals surface area contributed by atoms with E-state index >= 15 is 4.39 Å². The summed E-state index contributed by atoms with van der Waals surface area (Å²) in [5.41, 5.74) is 9.40. The summed E-state index contributed by atoms with van der Waals surface area (Å²) in [6.45, 7) is 1.46. The number of piperidine rings is 1. The van der Waals surface area contributed by atoms with Crippen molar-refractivity contribution in [3.05, 3.63) is 59.9 Å². The van der Waals surface area contributed by atoms with Gasteiger partial charge in [-0.05, 0) is 44.7 Å². The van der Waals surface area contributed by atoms with Crippen molar-refractivity contribution < 1.29 is 14.0 Å². The minimum Gasteiger partial charge on any atom is -0.383 e. The largest absolute Gasteiger partial charge is 0.383 e. The van der Waals surface area contributed by atoms with E-state index in [1.807, 2.05) is 4.90 Å². The minimum atomic E-state index is -0.533. The summed E-state index contributed by atoms with van der Waals surface area (Å²) in [5.74, 6) is -0.646. The second-order valence-electron chi connectivity index (χ2n) is 10.6. The van der Waals surface area contributed by atoms with Crippen LogP contribution in [0.1, 0.15) is 65.2 Å². The smallest absolute Gasteiger partial charge is 0.292 e. The monoisotopic (exact) mass is 555 g/mol. The van der Waals surface area contributed by atoms with E-state index in [4.69, 9.17) is 10.7 Å². The Bertz CT molecular complexity index is 1810. The first-order valence-corrected chi connectivity index (χ1v) is 13.3. The van der Waals surface area contributed by atoms with Crippen molar-refractivity contribution in [2.45, 2.75) is 50.6 Å². The Morgan fingerprint density at radius 1 is 1.17 bits per heavy atom. The molecule has 2 aliphatic heterocycles. The van der Waals surface area contributed by atoms with Crippen molar-refractivity contribution in [3.63, 3.8) is 0 Å². The summed E-state index contributed by atoms with van der Waals surface area (Å²) in [7, 11) is 1.75. The van der Waals surface area contributed by atoms with Crippen LogP contribution in [0.4, 0.5) is 10.2 Å². The van der Waals surface area contributed by atoms with E-state index in [1.54, 1.807) is 36.4 Å². The molecule has 2 fully saturated rings. The molecule has 0 spiro atoms. The average Bonchev–Trinajstić information content (AvgIpc) is 3.75. The van der Waals surface area contributed by atoms with Crippen LogP contribution in [0.15, 0.2) is 37.1 Å². The second kappa shape index (κ2) is 9.28. The molecule has 5 aromatic heterocycles. The predicted octanol–water partition coefficient (Wildman–Crippen LogP) is 2.78. The minimum absolute atomic E-state index is 0.0303. The van der Waals surface area contributed by atoms with Gasteiger partial charge in [0, 0.05) is 48.6 Å². The zero-order valence-electron chi connectivity index (χ0n) is 22.3. The molecular weight excluding hydrogens is 529 g/mol. The number of nitrogens with one attached hydrogen (secondary N) is 1. The molecule has 0 saturated carbocycles. The number of carbonyl (C=O) groups is 2. The first-order chi connectivity index (χ1) is 19.8. The van der Waals surface area contributed by atoms with Gasteiger partial charge in [0.1, 0.15) is 23.5 Å². The van der Waals surface area contributed by atoms with E-state index in [9.17, 15) is 9.59 Å². The number of pyridine rings is 1. The molecule has 2 saturated heterocycles. The molecule has 13 nitrogen and oxygen atoms in total. The number of halogens is 1. The van der Waals surface area contributed by atoms with Crippen LogP contribution in [0.2, 0.25) is 0 Å². The third kappa shape index (κ3) is 3.97. The van der Waals surface area contributed by atoms with Crippen molar-refractivity contribution >= 4 is 23.2 Å². The van der Waals surface area contributed by atoms with E-state index < -0.39 is 5.82 Å². The quantitative estimate of drug-likeness (QED) is 0.310. The van der Waals surface area contributed by atoms with Crippen LogP contribution in [-0.4, -0.2) is 73.2 Å². The number of anilines is 1. The van der Waals surface area contributed by atoms with Gasteiger partial charge in [0.15, 0.2) is 17.2 Å². The highest BCUT2D eigenvalue weighted by molar-refractivity contribution is 6.00. The lowest BCUT2D eigenvalue weighted by atomic mass is 9.85. The van der Waals surface area contributed by atoms with E-state index in [1.165, 1.54) is 23.8 Å². The Morgan fingerprint density at radius 2 is 1.95 bits per heavy atom. The first kappa shape index (κ1) is 25.0. The lowest BCUT2D eigenvalue weighted by Gasteiger charge is -2.38. The molecule has 3 N–H and O–H groups in total. The van der Waals surface area contributed by atoms with Gasteiger partial charge in [-0.2, -0.15) is 14.7 Å². The van der Waals surface area contributed by atoms with Gasteiger partial charge < -0.3 is 15.6 Å². The number of nitrogen functional groups attached to an aromatic ring is 1. The molecule has 0 aliphatic carbocycles. The maximum absolute atomic E-state index is 15.2. The van der Waals surface area contributed by atoms with Crippen LogP contribution in [0, 0.1) is 5.82 Å². The number of amides is 1. The van der Waals surface area contributed by atoms with Crippen LogP contribution in [-0.2, 0) is 7.05 Å². The molecule has 3 atom stereocenters. The normalized spacial score (nSPS) is 20.2. The van der Waals surface area contributed by atoms with Crippen molar-refractivity contribution in [3.8, 4) is 22.5 Å². The Labute approximate surface area is 232 Å². The molecule has 14 heteroatoms. The zero-order valence-corrected chi connectivity index (χ0v) is 22.3. The number of nitrogens with zero attached hydrogens (tertiary/aromatic N) is 9. The second-order valence-corrected chi connectivity index (χ2v) is 10.6. The molecule has 208 valence electrons. The van der Waals surface area contributed by atoms with Gasteiger partial charge in [0.05, 0.1) is 17.5 Å². The Kier molecular flexibility index (Phi) is 5.66. The van der Waals surface area contributed by atoms with Gasteiger partial charge in [0.25, 0.3) is 5.91 Å². The van der Waals surface area contributed by atoms with Crippen LogP contribution < -0.4 is 5.73 Å². The summed E-state index contributed by atoms with van der Waals surface area (Å²) in [5, 5.41) is 16.3. The lowest BCUT2D eigenvalue weighted by molar-refractivity contribution is 0.0556. The van der Waals surface area contributed by atoms with Crippen molar-refractivity contribution in [1.29, 1.82) is 0 Å². The summed E-state index contributed by atoms with van der Waals surface area (Å²) in [6, 6.07) is 3.00. The number of hydrogen-bond acceptors (Lipinski definition) is 9. The fourth-order valence-corrected chi connectivity index (χ4v) is 6.37. The summed E-state index contributed by atoms with van der Waals surface area (Å²) >= 11 is 0. The summed E-state index contributed by atoms with van der Waals surface area (Å²) in [6.07, 6.45) is 9.14. The fourth-order valence-electron chi connectivity index (χ4n) is 6.37. The molecule has 2 aliphatic rings. The first-order valence-electron chi connectivity index (χ1n) is 13.3. The molecule has 0 aromatic carbocycles. The lowest BCUT2D eigenvalue weighted by Crippen LogP contribution is -2.46. The summed E-state index contributed by atoms with van der Waals surface area (Å²) < 4.78 is 18.2. The number of nitrogens with two attached hydrogens (primary N) is 1. The van der Waals surface area contributed by atoms with Gasteiger partial charge >= 0.3 is 0 Å². The highest BCUT2D eigenvalue weighted by atomic mass is 19.1. The number of Topliss-reactive ketones (excluding diaryl/α,β-unsaturated/α-hetero) is 1. The predicted molar refractivity (Wildman–Crippen MR) is 144 cm³/mol. The van der Waals surface area contributed by atoms with Crippen LogP contribution in [0.5, 0.6) is 0 Å². The highest BCUT2D eigenvalue weighted by Crippen LogP contribution is 2.45. The van der Waals surface area contributed by atoms with E-state index in [-0.39, 0.29) is 47.0 Å². The Morgan fingerprint density at radius 3 is 2.59 bits per heavy atom. The van der Waals surface area contributed by atoms with E-state index in [0.29, 0.717) is 46.6 Å². The maximum atomic E-state index is 15.2. The molecule has 7 heterocycles. The topological polar surface area (TPSA) is 166 Å². The molecule has 41 heavy (non-hydrogen) atoms. The molecule has 0 radical (unpaired) electrons. The third-order valence-electron chi connectivity index (χ3n) is 8.14. The van der Waals surface area contributed by atoms with Crippen molar-refractivity contribution in [1.82, 2.24) is 49.4 Å². The zero-order chi connectivity index (χ0) is 28.4. The molecule has 2 bridgehead atoms. The number of aryl methyl sites for hydroxylation is 1. The standard InChI is InChI=1S/C27H26FN11O2/c1-13(40)21-22(14-7-16-3-4-17(8-14)38(16)27(41)25-31-12-32-35-25)34-26-18(11-33-39(26)24(21)29)15-9-19(28)23(30-10-15)20-5-6-37(2)36-20/h5-6,9-12,14,16-17H,3-4,7-8,29H2,1-2H3,(H,31,32,35)/t14?,16-,17+. The average molecular weight is 556 g/mol. The van der Waals surface area contributed by atoms with E-state index in [2.05, 4.69) is 30.4 Å². The Balaban J connectivity index is 1.28. The number of carbonyl (C=O) groups excluding carboxylic acids is 2. The number of hydrogen-bond donors (Lipinski definition) is 2. The van der Waals surface area contributed by atoms with E-state index in [0.717, 1.165) is 12.8 Å². The van der Waals surface area contributed by atoms with Crippen molar-refractivity contribution in [2.75, 3.05) is 5.73 Å². The molecule has 5 aromatic rings.